The molecule has 2 aliphatic rings. The molecule has 2 heterocycles. The van der Waals surface area contributed by atoms with E-state index in [0.717, 1.165) is 11.1 Å². The van der Waals surface area contributed by atoms with Crippen molar-refractivity contribution in [2.24, 2.45) is 0 Å². The number of amides is 1. The molecular weight excluding hydrogens is 621 g/mol. The largest absolute Gasteiger partial charge is 0.490 e. The normalized spacial score (nSPS) is 15.6. The Hall–Kier alpha value is -2.43. The van der Waals surface area contributed by atoms with Gasteiger partial charge >= 0.3 is 0 Å². The van der Waals surface area contributed by atoms with Gasteiger partial charge in [0.15, 0.2) is 27.3 Å². The first kappa shape index (κ1) is 26.2. The summed E-state index contributed by atoms with van der Waals surface area (Å²) in [4.78, 5) is 15.3. The van der Waals surface area contributed by atoms with Gasteiger partial charge in [-0.05, 0) is 70.9 Å². The molecule has 0 spiro atoms. The van der Waals surface area contributed by atoms with Gasteiger partial charge in [-0.15, -0.1) is 0 Å². The Kier molecular flexibility index (Phi) is 7.88. The highest BCUT2D eigenvalue weighted by atomic mass is 79.9. The standard InChI is InChI=1S/C26H18BrCl2NO5S2/c1-2-32-22-8-14(7-18(27)24(22)33-12-15-3-4-16(28)10-19(15)29)9-23-25(31)30(26(36)37-23)17-5-6-20-21(11-17)35-13-34-20/h3-11H,2,12-13H2,1H3/b23-9-. The van der Waals surface area contributed by atoms with Crippen LogP contribution in [0.5, 0.6) is 23.0 Å². The van der Waals surface area contributed by atoms with Crippen LogP contribution in [0.25, 0.3) is 6.08 Å². The minimum atomic E-state index is -0.222. The van der Waals surface area contributed by atoms with E-state index in [-0.39, 0.29) is 19.3 Å². The van der Waals surface area contributed by atoms with Gasteiger partial charge in [0.25, 0.3) is 5.91 Å². The third kappa shape index (κ3) is 5.56. The molecule has 0 bridgehead atoms. The Morgan fingerprint density at radius 2 is 1.92 bits per heavy atom. The van der Waals surface area contributed by atoms with Crippen molar-refractivity contribution in [2.45, 2.75) is 13.5 Å². The number of rotatable bonds is 7. The second kappa shape index (κ2) is 11.1. The van der Waals surface area contributed by atoms with E-state index in [1.165, 1.54) is 16.7 Å². The maximum Gasteiger partial charge on any atom is 0.270 e. The third-order valence-corrected chi connectivity index (χ3v) is 7.90. The molecule has 5 rings (SSSR count). The molecule has 1 fully saturated rings. The number of carbonyl (C=O) groups excluding carboxylic acids is 1. The van der Waals surface area contributed by atoms with Crippen LogP contribution in [0.4, 0.5) is 5.69 Å². The Balaban J connectivity index is 1.40. The Bertz CT molecular complexity index is 1450. The number of hydrogen-bond acceptors (Lipinski definition) is 7. The highest BCUT2D eigenvalue weighted by molar-refractivity contribution is 9.10. The fraction of sp³-hybridized carbons (Fsp3) is 0.154. The lowest BCUT2D eigenvalue weighted by Crippen LogP contribution is -2.27. The molecule has 0 aromatic heterocycles. The van der Waals surface area contributed by atoms with E-state index in [1.807, 2.05) is 25.1 Å². The van der Waals surface area contributed by atoms with E-state index in [4.69, 9.17) is 54.4 Å². The molecular formula is C26H18BrCl2NO5S2. The number of nitrogens with zero attached hydrogens (tertiary/aromatic N) is 1. The summed E-state index contributed by atoms with van der Waals surface area (Å²) in [6, 6.07) is 14.2. The van der Waals surface area contributed by atoms with Crippen LogP contribution in [0.3, 0.4) is 0 Å². The Labute approximate surface area is 241 Å². The minimum Gasteiger partial charge on any atom is -0.490 e. The molecule has 1 amide bonds. The SMILES string of the molecule is CCOc1cc(/C=C2\SC(=S)N(c3ccc4c(c3)OCO4)C2=O)cc(Br)c1OCc1ccc(Cl)cc1Cl. The fourth-order valence-corrected chi connectivity index (χ4v) is 6.07. The average Bonchev–Trinajstić information content (AvgIpc) is 3.43. The summed E-state index contributed by atoms with van der Waals surface area (Å²) in [5, 5.41) is 1.07. The van der Waals surface area contributed by atoms with E-state index >= 15 is 0 Å². The average molecular weight is 639 g/mol. The minimum absolute atomic E-state index is 0.153. The summed E-state index contributed by atoms with van der Waals surface area (Å²) in [6.45, 7) is 2.69. The summed E-state index contributed by atoms with van der Waals surface area (Å²) < 4.78 is 23.8. The summed E-state index contributed by atoms with van der Waals surface area (Å²) in [7, 11) is 0. The molecule has 1 saturated heterocycles. The zero-order valence-corrected chi connectivity index (χ0v) is 24.0. The molecule has 37 heavy (non-hydrogen) atoms. The third-order valence-electron chi connectivity index (χ3n) is 5.42. The molecule has 3 aromatic carbocycles. The first-order valence-corrected chi connectivity index (χ1v) is 13.8. The lowest BCUT2D eigenvalue weighted by atomic mass is 10.1. The zero-order chi connectivity index (χ0) is 26.1. The zero-order valence-electron chi connectivity index (χ0n) is 19.3. The predicted octanol–water partition coefficient (Wildman–Crippen LogP) is 7.87. The summed E-state index contributed by atoms with van der Waals surface area (Å²) in [5.74, 6) is 2.05. The second-order valence-corrected chi connectivity index (χ2v) is 11.2. The Morgan fingerprint density at radius 1 is 1.11 bits per heavy atom. The van der Waals surface area contributed by atoms with Crippen molar-refractivity contribution < 1.29 is 23.7 Å². The number of ether oxygens (including phenoxy) is 4. The quantitative estimate of drug-likeness (QED) is 0.193. The smallest absolute Gasteiger partial charge is 0.270 e. The highest BCUT2D eigenvalue weighted by Gasteiger charge is 2.34. The van der Waals surface area contributed by atoms with Crippen LogP contribution in [0, 0.1) is 0 Å². The van der Waals surface area contributed by atoms with Gasteiger partial charge in [0.2, 0.25) is 6.79 Å². The molecule has 6 nitrogen and oxygen atoms in total. The van der Waals surface area contributed by atoms with Gasteiger partial charge in [0.05, 0.1) is 21.7 Å². The maximum absolute atomic E-state index is 13.3. The number of thiocarbonyl (C=S) groups is 1. The van der Waals surface area contributed by atoms with Crippen molar-refractivity contribution in [2.75, 3.05) is 18.3 Å². The van der Waals surface area contributed by atoms with Crippen molar-refractivity contribution >= 4 is 85.1 Å². The van der Waals surface area contributed by atoms with E-state index in [1.54, 1.807) is 36.4 Å². The van der Waals surface area contributed by atoms with Crippen molar-refractivity contribution in [3.05, 3.63) is 79.1 Å². The first-order chi connectivity index (χ1) is 17.8. The lowest BCUT2D eigenvalue weighted by Gasteiger charge is -2.16. The summed E-state index contributed by atoms with van der Waals surface area (Å²) >= 11 is 22.6. The molecule has 0 aliphatic carbocycles. The monoisotopic (exact) mass is 637 g/mol. The number of fused-ring (bicyclic) bond motifs is 1. The van der Waals surface area contributed by atoms with E-state index < -0.39 is 0 Å². The van der Waals surface area contributed by atoms with E-state index in [2.05, 4.69) is 15.9 Å². The number of halogens is 3. The van der Waals surface area contributed by atoms with Crippen LogP contribution in [-0.2, 0) is 11.4 Å². The second-order valence-electron chi connectivity index (χ2n) is 7.84. The number of anilines is 1. The predicted molar refractivity (Wildman–Crippen MR) is 154 cm³/mol. The number of benzene rings is 3. The lowest BCUT2D eigenvalue weighted by molar-refractivity contribution is -0.113. The summed E-state index contributed by atoms with van der Waals surface area (Å²) in [5.41, 5.74) is 2.16. The van der Waals surface area contributed by atoms with Gasteiger partial charge in [-0.1, -0.05) is 53.2 Å². The van der Waals surface area contributed by atoms with Crippen molar-refractivity contribution in [1.82, 2.24) is 0 Å². The molecule has 0 saturated carbocycles. The van der Waals surface area contributed by atoms with Crippen LogP contribution in [0.2, 0.25) is 10.0 Å². The molecule has 3 aromatic rings. The fourth-order valence-electron chi connectivity index (χ4n) is 3.73. The molecule has 0 unspecified atom stereocenters. The summed E-state index contributed by atoms with van der Waals surface area (Å²) in [6.07, 6.45) is 1.78. The van der Waals surface area contributed by atoms with Crippen molar-refractivity contribution in [3.63, 3.8) is 0 Å². The molecule has 0 N–H and O–H groups in total. The first-order valence-electron chi connectivity index (χ1n) is 11.0. The van der Waals surface area contributed by atoms with Crippen molar-refractivity contribution in [3.8, 4) is 23.0 Å². The van der Waals surface area contributed by atoms with E-state index in [0.29, 0.717) is 59.0 Å². The highest BCUT2D eigenvalue weighted by Crippen LogP contribution is 2.42. The molecule has 0 atom stereocenters. The van der Waals surface area contributed by atoms with E-state index in [9.17, 15) is 4.79 Å². The molecule has 190 valence electrons. The van der Waals surface area contributed by atoms with Gasteiger partial charge in [-0.2, -0.15) is 0 Å². The molecule has 2 aliphatic heterocycles. The molecule has 0 radical (unpaired) electrons. The number of carbonyl (C=O) groups is 1. The van der Waals surface area contributed by atoms with Gasteiger partial charge in [-0.3, -0.25) is 9.69 Å². The Morgan fingerprint density at radius 3 is 2.70 bits per heavy atom. The number of thioether (sulfide) groups is 1. The van der Waals surface area contributed by atoms with Gasteiger partial charge in [0.1, 0.15) is 6.61 Å². The van der Waals surface area contributed by atoms with Crippen LogP contribution in [0.15, 0.2) is 57.9 Å². The van der Waals surface area contributed by atoms with Gasteiger partial charge in [0, 0.05) is 21.7 Å². The van der Waals surface area contributed by atoms with Crippen LogP contribution < -0.4 is 23.8 Å². The van der Waals surface area contributed by atoms with Crippen molar-refractivity contribution in [1.29, 1.82) is 0 Å². The topological polar surface area (TPSA) is 57.2 Å². The van der Waals surface area contributed by atoms with Gasteiger partial charge in [-0.25, -0.2) is 0 Å². The van der Waals surface area contributed by atoms with Crippen LogP contribution in [0.1, 0.15) is 18.1 Å². The maximum atomic E-state index is 13.3. The number of hydrogen-bond donors (Lipinski definition) is 0. The molecule has 11 heteroatoms. The van der Waals surface area contributed by atoms with Gasteiger partial charge < -0.3 is 18.9 Å². The van der Waals surface area contributed by atoms with Crippen LogP contribution in [-0.4, -0.2) is 23.6 Å². The van der Waals surface area contributed by atoms with Crippen LogP contribution >= 0.6 is 63.1 Å².